The first kappa shape index (κ1) is 16.6. The number of nitrogens with zero attached hydrogens (tertiary/aromatic N) is 2. The van der Waals surface area contributed by atoms with Gasteiger partial charge in [-0.3, -0.25) is 9.69 Å². The Bertz CT molecular complexity index is 386. The fraction of sp³-hybridized carbons (Fsp3) is 0.857. The van der Waals surface area contributed by atoms with Crippen molar-refractivity contribution < 1.29 is 14.6 Å². The first-order valence-corrected chi connectivity index (χ1v) is 8.01. The average Bonchev–Trinajstić information content (AvgIpc) is 2.73. The number of β-amino-alcohol motifs (C(OH)–C–C–N with tert-alkyl or cyclic N) is 1. The van der Waals surface area contributed by atoms with Gasteiger partial charge in [-0.1, -0.05) is 12.2 Å². The molecule has 0 radical (unpaired) electrons. The van der Waals surface area contributed by atoms with Crippen LogP contribution in [0.2, 0.25) is 0 Å². The van der Waals surface area contributed by atoms with Gasteiger partial charge in [0.1, 0.15) is 5.41 Å². The molecule has 0 saturated carbocycles. The van der Waals surface area contributed by atoms with Crippen LogP contribution >= 0.6 is 12.2 Å². The van der Waals surface area contributed by atoms with Gasteiger partial charge in [-0.2, -0.15) is 0 Å². The SMILES string of the molecule is NC(=S)C1(C(=O)N2CCCN(CCO)CC2)CCOCC1. The maximum atomic E-state index is 13.0. The van der Waals surface area contributed by atoms with Crippen molar-refractivity contribution >= 4 is 23.1 Å². The zero-order chi connectivity index (χ0) is 15.3. The molecule has 2 aliphatic heterocycles. The van der Waals surface area contributed by atoms with Gasteiger partial charge in [-0.15, -0.1) is 0 Å². The summed E-state index contributed by atoms with van der Waals surface area (Å²) in [7, 11) is 0. The third-order valence-electron chi connectivity index (χ3n) is 4.52. The number of aliphatic hydroxyl groups excluding tert-OH is 1. The highest BCUT2D eigenvalue weighted by Gasteiger charge is 2.45. The molecule has 0 aromatic rings. The molecule has 2 heterocycles. The van der Waals surface area contributed by atoms with E-state index < -0.39 is 5.41 Å². The second-order valence-electron chi connectivity index (χ2n) is 5.77. The first-order valence-electron chi connectivity index (χ1n) is 7.60. The average molecular weight is 315 g/mol. The Morgan fingerprint density at radius 1 is 1.24 bits per heavy atom. The minimum atomic E-state index is -0.722. The maximum absolute atomic E-state index is 13.0. The molecule has 0 aromatic heterocycles. The lowest BCUT2D eigenvalue weighted by Gasteiger charge is -2.38. The molecule has 2 aliphatic rings. The summed E-state index contributed by atoms with van der Waals surface area (Å²) >= 11 is 5.20. The predicted octanol–water partition coefficient (Wildman–Crippen LogP) is -0.404. The second-order valence-corrected chi connectivity index (χ2v) is 6.21. The third kappa shape index (κ3) is 3.71. The zero-order valence-electron chi connectivity index (χ0n) is 12.4. The molecule has 2 rings (SSSR count). The number of amides is 1. The second kappa shape index (κ2) is 7.49. The molecule has 7 heteroatoms. The van der Waals surface area contributed by atoms with Crippen molar-refractivity contribution in [2.45, 2.75) is 19.3 Å². The number of hydrogen-bond donors (Lipinski definition) is 2. The van der Waals surface area contributed by atoms with Crippen LogP contribution in [0.1, 0.15) is 19.3 Å². The molecule has 3 N–H and O–H groups in total. The van der Waals surface area contributed by atoms with E-state index in [4.69, 9.17) is 27.8 Å². The molecule has 120 valence electrons. The molecule has 6 nitrogen and oxygen atoms in total. The molecule has 0 atom stereocenters. The largest absolute Gasteiger partial charge is 0.395 e. The fourth-order valence-corrected chi connectivity index (χ4v) is 3.42. The minimum absolute atomic E-state index is 0.0594. The highest BCUT2D eigenvalue weighted by Crippen LogP contribution is 2.33. The molecule has 21 heavy (non-hydrogen) atoms. The summed E-state index contributed by atoms with van der Waals surface area (Å²) in [4.78, 5) is 17.3. The van der Waals surface area contributed by atoms with Crippen molar-refractivity contribution in [1.82, 2.24) is 9.80 Å². The Hall–Kier alpha value is -0.760. The van der Waals surface area contributed by atoms with E-state index in [-0.39, 0.29) is 12.5 Å². The zero-order valence-corrected chi connectivity index (χ0v) is 13.2. The number of aliphatic hydroxyl groups is 1. The third-order valence-corrected chi connectivity index (χ3v) is 4.91. The normalized spacial score (nSPS) is 23.6. The molecular weight excluding hydrogens is 290 g/mol. The van der Waals surface area contributed by atoms with Crippen molar-refractivity contribution in [2.24, 2.45) is 11.1 Å². The van der Waals surface area contributed by atoms with Crippen LogP contribution in [0.3, 0.4) is 0 Å². The van der Waals surface area contributed by atoms with Crippen LogP contribution in [0.4, 0.5) is 0 Å². The Morgan fingerprint density at radius 3 is 2.57 bits per heavy atom. The Balaban J connectivity index is 2.05. The fourth-order valence-electron chi connectivity index (χ4n) is 3.13. The van der Waals surface area contributed by atoms with Gasteiger partial charge in [-0.05, 0) is 25.8 Å². The highest BCUT2D eigenvalue weighted by atomic mass is 32.1. The number of carbonyl (C=O) groups excluding carboxylic acids is 1. The Kier molecular flexibility index (Phi) is 5.92. The van der Waals surface area contributed by atoms with Crippen molar-refractivity contribution in [3.8, 4) is 0 Å². The van der Waals surface area contributed by atoms with Gasteiger partial charge >= 0.3 is 0 Å². The molecule has 0 bridgehead atoms. The Morgan fingerprint density at radius 2 is 1.95 bits per heavy atom. The van der Waals surface area contributed by atoms with Gasteiger partial charge in [0.2, 0.25) is 5.91 Å². The van der Waals surface area contributed by atoms with Crippen molar-refractivity contribution in [2.75, 3.05) is 52.5 Å². The van der Waals surface area contributed by atoms with Crippen molar-refractivity contribution in [3.05, 3.63) is 0 Å². The first-order chi connectivity index (χ1) is 10.1. The van der Waals surface area contributed by atoms with Gasteiger partial charge in [-0.25, -0.2) is 0 Å². The lowest BCUT2D eigenvalue weighted by atomic mass is 9.78. The summed E-state index contributed by atoms with van der Waals surface area (Å²) in [6.07, 6.45) is 2.08. The molecule has 2 fully saturated rings. The van der Waals surface area contributed by atoms with E-state index in [0.29, 0.717) is 44.1 Å². The van der Waals surface area contributed by atoms with E-state index in [0.717, 1.165) is 26.1 Å². The monoisotopic (exact) mass is 315 g/mol. The molecule has 0 aromatic carbocycles. The lowest BCUT2D eigenvalue weighted by Crippen LogP contribution is -2.54. The van der Waals surface area contributed by atoms with Crippen LogP contribution < -0.4 is 5.73 Å². The van der Waals surface area contributed by atoms with Gasteiger partial charge in [0.05, 0.1) is 11.6 Å². The summed E-state index contributed by atoms with van der Waals surface area (Å²) in [6.45, 7) is 4.99. The molecule has 0 aliphatic carbocycles. The van der Waals surface area contributed by atoms with E-state index in [1.54, 1.807) is 0 Å². The van der Waals surface area contributed by atoms with E-state index in [1.807, 2.05) is 4.90 Å². The van der Waals surface area contributed by atoms with Crippen LogP contribution in [-0.4, -0.2) is 78.3 Å². The smallest absolute Gasteiger partial charge is 0.235 e. The van der Waals surface area contributed by atoms with Crippen LogP contribution in [0.15, 0.2) is 0 Å². The number of thiocarbonyl (C=S) groups is 1. The predicted molar refractivity (Wildman–Crippen MR) is 84.0 cm³/mol. The number of rotatable bonds is 4. The van der Waals surface area contributed by atoms with Crippen LogP contribution in [0.25, 0.3) is 0 Å². The number of nitrogens with two attached hydrogens (primary N) is 1. The molecular formula is C14H25N3O3S. The molecule has 0 spiro atoms. The van der Waals surface area contributed by atoms with E-state index in [1.165, 1.54) is 0 Å². The number of carbonyl (C=O) groups is 1. The lowest BCUT2D eigenvalue weighted by molar-refractivity contribution is -0.142. The number of ether oxygens (including phenoxy) is 1. The van der Waals surface area contributed by atoms with Crippen LogP contribution in [0.5, 0.6) is 0 Å². The Labute approximate surface area is 131 Å². The summed E-state index contributed by atoms with van der Waals surface area (Å²) in [5, 5.41) is 9.03. The summed E-state index contributed by atoms with van der Waals surface area (Å²) < 4.78 is 5.36. The summed E-state index contributed by atoms with van der Waals surface area (Å²) in [6, 6.07) is 0. The topological polar surface area (TPSA) is 79.0 Å². The molecule has 2 saturated heterocycles. The van der Waals surface area contributed by atoms with Crippen LogP contribution in [0, 0.1) is 5.41 Å². The van der Waals surface area contributed by atoms with Crippen molar-refractivity contribution in [3.63, 3.8) is 0 Å². The van der Waals surface area contributed by atoms with Gasteiger partial charge in [0.25, 0.3) is 0 Å². The highest BCUT2D eigenvalue weighted by molar-refractivity contribution is 7.80. The standard InChI is InChI=1S/C14H25N3O3S/c15-12(21)14(2-10-20-11-3-14)13(19)17-5-1-4-16(6-7-17)8-9-18/h18H,1-11H2,(H2,15,21). The van der Waals surface area contributed by atoms with Gasteiger partial charge in [0, 0.05) is 39.4 Å². The van der Waals surface area contributed by atoms with Gasteiger partial charge < -0.3 is 20.5 Å². The molecule has 1 amide bonds. The summed E-state index contributed by atoms with van der Waals surface area (Å²) in [5.41, 5.74) is 5.19. The van der Waals surface area contributed by atoms with E-state index in [9.17, 15) is 4.79 Å². The van der Waals surface area contributed by atoms with Crippen LogP contribution in [-0.2, 0) is 9.53 Å². The van der Waals surface area contributed by atoms with E-state index >= 15 is 0 Å². The molecule has 0 unspecified atom stereocenters. The minimum Gasteiger partial charge on any atom is -0.395 e. The maximum Gasteiger partial charge on any atom is 0.235 e. The quantitative estimate of drug-likeness (QED) is 0.687. The van der Waals surface area contributed by atoms with Crippen molar-refractivity contribution in [1.29, 1.82) is 0 Å². The number of hydrogen-bond acceptors (Lipinski definition) is 5. The van der Waals surface area contributed by atoms with E-state index in [2.05, 4.69) is 4.90 Å². The van der Waals surface area contributed by atoms with Gasteiger partial charge in [0.15, 0.2) is 0 Å². The summed E-state index contributed by atoms with van der Waals surface area (Å²) in [5.74, 6) is 0.0594.